The number of nitrogens with zero attached hydrogens (tertiary/aromatic N) is 1. The number of hydrogen-bond donors (Lipinski definition) is 3. The van der Waals surface area contributed by atoms with Gasteiger partial charge in [0.2, 0.25) is 0 Å². The van der Waals surface area contributed by atoms with Crippen molar-refractivity contribution < 1.29 is 9.90 Å². The van der Waals surface area contributed by atoms with Gasteiger partial charge in [-0.3, -0.25) is 4.79 Å². The highest BCUT2D eigenvalue weighted by Gasteiger charge is 2.32. The van der Waals surface area contributed by atoms with E-state index in [1.54, 1.807) is 0 Å². The predicted molar refractivity (Wildman–Crippen MR) is 44.6 cm³/mol. The molecule has 0 bridgehead atoms. The highest BCUT2D eigenvalue weighted by Crippen LogP contribution is 2.28. The molecule has 0 radical (unpaired) electrons. The van der Waals surface area contributed by atoms with Crippen molar-refractivity contribution in [3.63, 3.8) is 0 Å². The number of rotatable bonds is 2. The molecular weight excluding hydrogens is 158 g/mol. The van der Waals surface area contributed by atoms with Gasteiger partial charge in [-0.25, -0.2) is 4.99 Å². The summed E-state index contributed by atoms with van der Waals surface area (Å²) in [6, 6.07) is -0.215. The number of aliphatic carboxylic acids is 1. The van der Waals surface area contributed by atoms with Crippen LogP contribution in [0.3, 0.4) is 0 Å². The van der Waals surface area contributed by atoms with E-state index in [2.05, 4.69) is 4.99 Å². The molecule has 1 fully saturated rings. The first-order chi connectivity index (χ1) is 5.61. The summed E-state index contributed by atoms with van der Waals surface area (Å²) in [4.78, 5) is 14.5. The zero-order valence-electron chi connectivity index (χ0n) is 6.73. The minimum absolute atomic E-state index is 0.0202. The van der Waals surface area contributed by atoms with E-state index in [0.717, 1.165) is 12.8 Å². The summed E-state index contributed by atoms with van der Waals surface area (Å²) in [6.45, 7) is 0. The van der Waals surface area contributed by atoms with Crippen molar-refractivity contribution >= 4 is 11.9 Å². The molecule has 0 aliphatic heterocycles. The van der Waals surface area contributed by atoms with Gasteiger partial charge in [-0.2, -0.15) is 0 Å². The topological polar surface area (TPSA) is 102 Å². The third-order valence-corrected chi connectivity index (χ3v) is 2.11. The molecule has 68 valence electrons. The molecule has 0 heterocycles. The first kappa shape index (κ1) is 8.83. The normalized spacial score (nSPS) is 28.3. The summed E-state index contributed by atoms with van der Waals surface area (Å²) >= 11 is 0. The smallest absolute Gasteiger partial charge is 0.308 e. The number of carboxylic acids is 1. The average molecular weight is 171 g/mol. The molecule has 12 heavy (non-hydrogen) atoms. The van der Waals surface area contributed by atoms with E-state index in [-0.39, 0.29) is 12.0 Å². The molecule has 1 rings (SSSR count). The standard InChI is InChI=1S/C7H13N3O2/c8-7(9)10-5-3-1-2-4(5)6(11)12/h4-5H,1-3H2,(H,11,12)(H4,8,9,10)/t4-,5+/m1/s1. The van der Waals surface area contributed by atoms with Crippen LogP contribution in [0.4, 0.5) is 0 Å². The molecule has 0 aromatic heterocycles. The van der Waals surface area contributed by atoms with Crippen molar-refractivity contribution in [2.24, 2.45) is 22.4 Å². The van der Waals surface area contributed by atoms with Gasteiger partial charge in [-0.15, -0.1) is 0 Å². The lowest BCUT2D eigenvalue weighted by Gasteiger charge is -2.10. The third kappa shape index (κ3) is 1.87. The Hall–Kier alpha value is -1.26. The second-order valence-corrected chi connectivity index (χ2v) is 3.00. The van der Waals surface area contributed by atoms with E-state index in [1.165, 1.54) is 0 Å². The first-order valence-corrected chi connectivity index (χ1v) is 3.93. The monoisotopic (exact) mass is 171 g/mol. The van der Waals surface area contributed by atoms with Gasteiger partial charge in [0.15, 0.2) is 5.96 Å². The Morgan fingerprint density at radius 3 is 2.58 bits per heavy atom. The van der Waals surface area contributed by atoms with Crippen LogP contribution >= 0.6 is 0 Å². The Bertz CT molecular complexity index is 211. The highest BCUT2D eigenvalue weighted by atomic mass is 16.4. The van der Waals surface area contributed by atoms with Crippen LogP contribution in [0.1, 0.15) is 19.3 Å². The minimum Gasteiger partial charge on any atom is -0.481 e. The predicted octanol–water partition coefficient (Wildman–Crippen LogP) is -0.487. The SMILES string of the molecule is NC(N)=N[C@H]1CCC[C@H]1C(=O)O. The van der Waals surface area contributed by atoms with Gasteiger partial charge in [0.1, 0.15) is 0 Å². The second kappa shape index (κ2) is 3.42. The summed E-state index contributed by atoms with van der Waals surface area (Å²) in [5.41, 5.74) is 10.3. The molecule has 2 atom stereocenters. The maximum absolute atomic E-state index is 10.6. The van der Waals surface area contributed by atoms with Gasteiger partial charge in [0.05, 0.1) is 12.0 Å². The zero-order chi connectivity index (χ0) is 9.14. The Morgan fingerprint density at radius 1 is 1.42 bits per heavy atom. The summed E-state index contributed by atoms with van der Waals surface area (Å²) in [7, 11) is 0. The maximum Gasteiger partial charge on any atom is 0.308 e. The Kier molecular flexibility index (Phi) is 2.52. The van der Waals surface area contributed by atoms with Crippen LogP contribution in [-0.4, -0.2) is 23.1 Å². The molecule has 1 saturated carbocycles. The van der Waals surface area contributed by atoms with E-state index in [1.807, 2.05) is 0 Å². The number of aliphatic imine (C=N–C) groups is 1. The number of nitrogens with two attached hydrogens (primary N) is 2. The molecule has 5 heteroatoms. The van der Waals surface area contributed by atoms with Crippen LogP contribution in [-0.2, 0) is 4.79 Å². The molecule has 1 aliphatic rings. The van der Waals surface area contributed by atoms with E-state index in [0.29, 0.717) is 6.42 Å². The maximum atomic E-state index is 10.6. The van der Waals surface area contributed by atoms with Crippen molar-refractivity contribution in [1.82, 2.24) is 0 Å². The molecule has 1 aliphatic carbocycles. The van der Waals surface area contributed by atoms with Crippen LogP contribution < -0.4 is 11.5 Å². The third-order valence-electron chi connectivity index (χ3n) is 2.11. The summed E-state index contributed by atoms with van der Waals surface area (Å²) < 4.78 is 0. The number of guanidine groups is 1. The van der Waals surface area contributed by atoms with Gasteiger partial charge in [-0.05, 0) is 12.8 Å². The van der Waals surface area contributed by atoms with Gasteiger partial charge in [-0.1, -0.05) is 6.42 Å². The highest BCUT2D eigenvalue weighted by molar-refractivity contribution is 5.77. The lowest BCUT2D eigenvalue weighted by Crippen LogP contribution is -2.29. The van der Waals surface area contributed by atoms with Crippen LogP contribution in [0.15, 0.2) is 4.99 Å². The van der Waals surface area contributed by atoms with Crippen LogP contribution in [0.5, 0.6) is 0 Å². The lowest BCUT2D eigenvalue weighted by molar-refractivity contribution is -0.141. The van der Waals surface area contributed by atoms with Gasteiger partial charge in [0, 0.05) is 0 Å². The van der Waals surface area contributed by atoms with Crippen molar-refractivity contribution in [1.29, 1.82) is 0 Å². The molecule has 0 aromatic rings. The Balaban J connectivity index is 2.64. The van der Waals surface area contributed by atoms with Crippen molar-refractivity contribution in [3.8, 4) is 0 Å². The molecule has 0 saturated heterocycles. The lowest BCUT2D eigenvalue weighted by atomic mass is 10.1. The van der Waals surface area contributed by atoms with E-state index < -0.39 is 11.9 Å². The van der Waals surface area contributed by atoms with E-state index in [9.17, 15) is 4.79 Å². The van der Waals surface area contributed by atoms with E-state index >= 15 is 0 Å². The molecule has 0 unspecified atom stereocenters. The summed E-state index contributed by atoms with van der Waals surface area (Å²) in [6.07, 6.45) is 2.34. The fourth-order valence-corrected chi connectivity index (χ4v) is 1.57. The Morgan fingerprint density at radius 2 is 2.08 bits per heavy atom. The molecular formula is C7H13N3O2. The van der Waals surface area contributed by atoms with Gasteiger partial charge in [0.25, 0.3) is 0 Å². The molecule has 0 aromatic carbocycles. The molecule has 0 amide bonds. The number of carbonyl (C=O) groups is 1. The summed E-state index contributed by atoms with van der Waals surface area (Å²) in [5, 5.41) is 8.75. The van der Waals surface area contributed by atoms with Crippen molar-refractivity contribution in [2.45, 2.75) is 25.3 Å². The second-order valence-electron chi connectivity index (χ2n) is 3.00. The molecule has 5 N–H and O–H groups in total. The Labute approximate surface area is 70.5 Å². The van der Waals surface area contributed by atoms with Crippen molar-refractivity contribution in [2.75, 3.05) is 0 Å². The summed E-state index contributed by atoms with van der Waals surface area (Å²) in [5.74, 6) is -1.22. The number of hydrogen-bond acceptors (Lipinski definition) is 2. The largest absolute Gasteiger partial charge is 0.481 e. The van der Waals surface area contributed by atoms with Gasteiger partial charge >= 0.3 is 5.97 Å². The average Bonchev–Trinajstić information content (AvgIpc) is 2.33. The first-order valence-electron chi connectivity index (χ1n) is 3.93. The fraction of sp³-hybridized carbons (Fsp3) is 0.714. The van der Waals surface area contributed by atoms with Crippen LogP contribution in [0.2, 0.25) is 0 Å². The minimum atomic E-state index is -0.803. The zero-order valence-corrected chi connectivity index (χ0v) is 6.73. The van der Waals surface area contributed by atoms with Crippen LogP contribution in [0, 0.1) is 5.92 Å². The molecule has 5 nitrogen and oxygen atoms in total. The molecule has 0 spiro atoms. The quantitative estimate of drug-likeness (QED) is 0.385. The van der Waals surface area contributed by atoms with Crippen molar-refractivity contribution in [3.05, 3.63) is 0 Å². The number of carboxylic acid groups (broad SMARTS) is 1. The fourth-order valence-electron chi connectivity index (χ4n) is 1.57. The van der Waals surface area contributed by atoms with E-state index in [4.69, 9.17) is 16.6 Å². The van der Waals surface area contributed by atoms with Gasteiger partial charge < -0.3 is 16.6 Å². The van der Waals surface area contributed by atoms with Crippen LogP contribution in [0.25, 0.3) is 0 Å².